The monoisotopic (exact) mass is 379 g/mol. The van der Waals surface area contributed by atoms with E-state index < -0.39 is 18.0 Å². The molecule has 0 spiro atoms. The van der Waals surface area contributed by atoms with E-state index in [-0.39, 0.29) is 5.69 Å². The van der Waals surface area contributed by atoms with Crippen molar-refractivity contribution >= 4 is 17.6 Å². The van der Waals surface area contributed by atoms with Crippen LogP contribution in [0.5, 0.6) is 5.75 Å². The molecular formula is C21H21N3O4. The Morgan fingerprint density at radius 2 is 1.82 bits per heavy atom. The Morgan fingerprint density at radius 3 is 2.57 bits per heavy atom. The molecule has 7 nitrogen and oxygen atoms in total. The minimum atomic E-state index is -0.995. The zero-order valence-electron chi connectivity index (χ0n) is 15.6. The number of para-hydroxylation sites is 2. The van der Waals surface area contributed by atoms with Gasteiger partial charge in [0, 0.05) is 5.56 Å². The van der Waals surface area contributed by atoms with Crippen LogP contribution in [0, 0.1) is 0 Å². The smallest absolute Gasteiger partial charge is 0.357 e. The molecule has 0 radical (unpaired) electrons. The molecule has 1 amide bonds. The molecule has 0 aliphatic rings. The van der Waals surface area contributed by atoms with Crippen molar-refractivity contribution in [1.29, 1.82) is 0 Å². The third-order valence-corrected chi connectivity index (χ3v) is 3.97. The van der Waals surface area contributed by atoms with Gasteiger partial charge in [0.2, 0.25) is 0 Å². The lowest BCUT2D eigenvalue weighted by Gasteiger charge is -2.15. The number of H-pyrrole nitrogens is 1. The number of carbonyl (C=O) groups excluding carboxylic acids is 2. The molecule has 2 N–H and O–H groups in total. The third kappa shape index (κ3) is 4.56. The standard InChI is InChI=1S/C21H21N3O4/c1-3-27-19-12-8-7-11-16(19)22-20(25)14(2)28-21(26)18-13-17(23-24-18)15-9-5-4-6-10-15/h4-14H,3H2,1-2H3,(H,22,25)(H,23,24)/t14-/m0/s1. The highest BCUT2D eigenvalue weighted by Gasteiger charge is 2.21. The Hall–Kier alpha value is -3.61. The second kappa shape index (κ2) is 8.85. The maximum Gasteiger partial charge on any atom is 0.357 e. The van der Waals surface area contributed by atoms with E-state index in [0.29, 0.717) is 23.7 Å². The summed E-state index contributed by atoms with van der Waals surface area (Å²) in [7, 11) is 0. The molecule has 0 bridgehead atoms. The number of aromatic amines is 1. The lowest BCUT2D eigenvalue weighted by molar-refractivity contribution is -0.123. The second-order valence-corrected chi connectivity index (χ2v) is 6.00. The molecule has 1 atom stereocenters. The molecule has 0 saturated carbocycles. The first-order valence-electron chi connectivity index (χ1n) is 8.93. The van der Waals surface area contributed by atoms with Crippen LogP contribution >= 0.6 is 0 Å². The van der Waals surface area contributed by atoms with Crippen LogP contribution in [0.15, 0.2) is 60.7 Å². The van der Waals surface area contributed by atoms with Crippen LogP contribution < -0.4 is 10.1 Å². The Balaban J connectivity index is 1.63. The molecular weight excluding hydrogens is 358 g/mol. The number of aromatic nitrogens is 2. The van der Waals surface area contributed by atoms with E-state index in [2.05, 4.69) is 15.5 Å². The number of carbonyl (C=O) groups is 2. The molecule has 28 heavy (non-hydrogen) atoms. The lowest BCUT2D eigenvalue weighted by Crippen LogP contribution is -2.30. The molecule has 0 aliphatic heterocycles. The largest absolute Gasteiger partial charge is 0.492 e. The van der Waals surface area contributed by atoms with Crippen LogP contribution in [0.2, 0.25) is 0 Å². The summed E-state index contributed by atoms with van der Waals surface area (Å²) >= 11 is 0. The van der Waals surface area contributed by atoms with Gasteiger partial charge in [0.25, 0.3) is 5.91 Å². The van der Waals surface area contributed by atoms with E-state index in [1.54, 1.807) is 24.3 Å². The minimum absolute atomic E-state index is 0.174. The number of amides is 1. The first-order valence-corrected chi connectivity index (χ1v) is 8.93. The summed E-state index contributed by atoms with van der Waals surface area (Å²) in [6, 6.07) is 18.1. The highest BCUT2D eigenvalue weighted by Crippen LogP contribution is 2.24. The summed E-state index contributed by atoms with van der Waals surface area (Å²) in [5.74, 6) is -0.559. The Bertz CT molecular complexity index is 953. The zero-order valence-corrected chi connectivity index (χ0v) is 15.6. The number of hydrogen-bond acceptors (Lipinski definition) is 5. The number of ether oxygens (including phenoxy) is 2. The van der Waals surface area contributed by atoms with Gasteiger partial charge in [-0.3, -0.25) is 9.89 Å². The van der Waals surface area contributed by atoms with Crippen molar-refractivity contribution in [2.45, 2.75) is 20.0 Å². The molecule has 3 aromatic rings. The van der Waals surface area contributed by atoms with Crippen LogP contribution in [0.1, 0.15) is 24.3 Å². The van der Waals surface area contributed by atoms with E-state index in [1.165, 1.54) is 6.92 Å². The number of nitrogens with one attached hydrogen (secondary N) is 2. The van der Waals surface area contributed by atoms with Crippen LogP contribution in [0.3, 0.4) is 0 Å². The fourth-order valence-corrected chi connectivity index (χ4v) is 2.55. The van der Waals surface area contributed by atoms with Crippen molar-refractivity contribution in [1.82, 2.24) is 10.2 Å². The first-order chi connectivity index (χ1) is 13.6. The van der Waals surface area contributed by atoms with Gasteiger partial charge in [-0.15, -0.1) is 0 Å². The van der Waals surface area contributed by atoms with E-state index in [4.69, 9.17) is 9.47 Å². The molecule has 7 heteroatoms. The van der Waals surface area contributed by atoms with Gasteiger partial charge in [-0.1, -0.05) is 42.5 Å². The first kappa shape index (κ1) is 19.2. The number of esters is 1. The van der Waals surface area contributed by atoms with Gasteiger partial charge in [0.05, 0.1) is 18.0 Å². The van der Waals surface area contributed by atoms with Gasteiger partial charge < -0.3 is 14.8 Å². The van der Waals surface area contributed by atoms with Crippen LogP contribution in [0.25, 0.3) is 11.3 Å². The van der Waals surface area contributed by atoms with Gasteiger partial charge in [-0.25, -0.2) is 4.79 Å². The van der Waals surface area contributed by atoms with Crippen LogP contribution in [-0.4, -0.2) is 34.8 Å². The Labute approximate surface area is 162 Å². The Kier molecular flexibility index (Phi) is 6.06. The zero-order chi connectivity index (χ0) is 19.9. The van der Waals surface area contributed by atoms with Crippen molar-refractivity contribution < 1.29 is 19.1 Å². The molecule has 2 aromatic carbocycles. The average Bonchev–Trinajstić information content (AvgIpc) is 3.21. The predicted octanol–water partition coefficient (Wildman–Crippen LogP) is 3.66. The maximum absolute atomic E-state index is 12.4. The number of anilines is 1. The maximum atomic E-state index is 12.4. The fraction of sp³-hybridized carbons (Fsp3) is 0.190. The minimum Gasteiger partial charge on any atom is -0.492 e. The molecule has 0 fully saturated rings. The molecule has 0 saturated heterocycles. The van der Waals surface area contributed by atoms with E-state index >= 15 is 0 Å². The molecule has 144 valence electrons. The predicted molar refractivity (Wildman–Crippen MR) is 105 cm³/mol. The van der Waals surface area contributed by atoms with Gasteiger partial charge in [-0.05, 0) is 32.0 Å². The third-order valence-electron chi connectivity index (χ3n) is 3.97. The normalized spacial score (nSPS) is 11.5. The second-order valence-electron chi connectivity index (χ2n) is 6.00. The summed E-state index contributed by atoms with van der Waals surface area (Å²) in [6.07, 6.45) is -0.995. The van der Waals surface area contributed by atoms with Crippen molar-refractivity contribution in [3.05, 3.63) is 66.4 Å². The molecule has 1 heterocycles. The molecule has 1 aromatic heterocycles. The average molecular weight is 379 g/mol. The fourth-order valence-electron chi connectivity index (χ4n) is 2.55. The number of nitrogens with zero attached hydrogens (tertiary/aromatic N) is 1. The number of hydrogen-bond donors (Lipinski definition) is 2. The summed E-state index contributed by atoms with van der Waals surface area (Å²) in [4.78, 5) is 24.7. The van der Waals surface area contributed by atoms with Crippen molar-refractivity contribution in [2.75, 3.05) is 11.9 Å². The quantitative estimate of drug-likeness (QED) is 0.611. The lowest BCUT2D eigenvalue weighted by atomic mass is 10.1. The van der Waals surface area contributed by atoms with Crippen LogP contribution in [0.4, 0.5) is 5.69 Å². The number of rotatable bonds is 7. The molecule has 0 unspecified atom stereocenters. The summed E-state index contributed by atoms with van der Waals surface area (Å²) in [6.45, 7) is 3.84. The molecule has 3 rings (SSSR count). The SMILES string of the molecule is CCOc1ccccc1NC(=O)[C@H](C)OC(=O)c1cc(-c2ccccc2)n[nH]1. The van der Waals surface area contributed by atoms with Crippen molar-refractivity contribution in [3.8, 4) is 17.0 Å². The van der Waals surface area contributed by atoms with Crippen molar-refractivity contribution in [2.24, 2.45) is 0 Å². The molecule has 0 aliphatic carbocycles. The van der Waals surface area contributed by atoms with Crippen molar-refractivity contribution in [3.63, 3.8) is 0 Å². The Morgan fingerprint density at radius 1 is 1.11 bits per heavy atom. The topological polar surface area (TPSA) is 93.3 Å². The summed E-state index contributed by atoms with van der Waals surface area (Å²) in [5, 5.41) is 9.48. The highest BCUT2D eigenvalue weighted by molar-refractivity contribution is 5.98. The van der Waals surface area contributed by atoms with Gasteiger partial charge in [-0.2, -0.15) is 5.10 Å². The van der Waals surface area contributed by atoms with Gasteiger partial charge in [0.1, 0.15) is 11.4 Å². The highest BCUT2D eigenvalue weighted by atomic mass is 16.5. The summed E-state index contributed by atoms with van der Waals surface area (Å²) in [5.41, 5.74) is 2.18. The number of benzene rings is 2. The van der Waals surface area contributed by atoms with Gasteiger partial charge >= 0.3 is 5.97 Å². The van der Waals surface area contributed by atoms with E-state index in [1.807, 2.05) is 43.3 Å². The van der Waals surface area contributed by atoms with E-state index in [0.717, 1.165) is 5.56 Å². The van der Waals surface area contributed by atoms with Gasteiger partial charge in [0.15, 0.2) is 6.10 Å². The van der Waals surface area contributed by atoms with Crippen LogP contribution in [-0.2, 0) is 9.53 Å². The summed E-state index contributed by atoms with van der Waals surface area (Å²) < 4.78 is 10.7. The van der Waals surface area contributed by atoms with E-state index in [9.17, 15) is 9.59 Å².